The summed E-state index contributed by atoms with van der Waals surface area (Å²) in [5.74, 6) is 0.974. The summed E-state index contributed by atoms with van der Waals surface area (Å²) in [6, 6.07) is 4.04. The van der Waals surface area contributed by atoms with E-state index in [1.54, 1.807) is 6.26 Å². The van der Waals surface area contributed by atoms with Crippen molar-refractivity contribution >= 4 is 0 Å². The number of hydrogen-bond acceptors (Lipinski definition) is 3. The molecule has 1 unspecified atom stereocenters. The second-order valence-corrected chi connectivity index (χ2v) is 2.78. The molecule has 0 bridgehead atoms. The summed E-state index contributed by atoms with van der Waals surface area (Å²) < 4.78 is 5.15. The third kappa shape index (κ3) is 2.67. The first kappa shape index (κ1) is 8.66. The third-order valence-corrected chi connectivity index (χ3v) is 1.71. The highest BCUT2D eigenvalue weighted by Crippen LogP contribution is 2.05. The molecule has 1 heterocycles. The van der Waals surface area contributed by atoms with E-state index in [0.29, 0.717) is 0 Å². The van der Waals surface area contributed by atoms with Crippen LogP contribution in [0.1, 0.15) is 19.1 Å². The van der Waals surface area contributed by atoms with Crippen LogP contribution in [0.3, 0.4) is 0 Å². The molecule has 0 aromatic carbocycles. The molecule has 0 saturated carbocycles. The fraction of sp³-hybridized carbons (Fsp3) is 0.444. The van der Waals surface area contributed by atoms with Crippen molar-refractivity contribution < 1.29 is 4.42 Å². The maximum absolute atomic E-state index is 8.31. The van der Waals surface area contributed by atoms with E-state index in [2.05, 4.69) is 5.32 Å². The minimum atomic E-state index is 0.222. The first-order valence-corrected chi connectivity index (χ1v) is 4.00. The molecule has 0 aliphatic rings. The molecule has 0 radical (unpaired) electrons. The highest BCUT2D eigenvalue weighted by atomic mass is 16.3. The van der Waals surface area contributed by atoms with E-state index in [1.165, 1.54) is 0 Å². The van der Waals surface area contributed by atoms with Crippen molar-refractivity contribution in [2.75, 3.05) is 0 Å². The maximum atomic E-state index is 8.31. The summed E-state index contributed by atoms with van der Waals surface area (Å²) in [5.41, 5.74) is 0. The molecule has 0 amide bonds. The van der Waals surface area contributed by atoms with Crippen molar-refractivity contribution in [1.29, 1.82) is 5.26 Å². The SMILES string of the molecule is CC(CCc1ccco1)NC#N. The number of furan rings is 1. The van der Waals surface area contributed by atoms with Gasteiger partial charge in [-0.05, 0) is 25.5 Å². The normalized spacial score (nSPS) is 12.0. The van der Waals surface area contributed by atoms with E-state index in [1.807, 2.05) is 25.2 Å². The number of nitrogens with one attached hydrogen (secondary N) is 1. The topological polar surface area (TPSA) is 49.0 Å². The lowest BCUT2D eigenvalue weighted by molar-refractivity contribution is 0.481. The summed E-state index contributed by atoms with van der Waals surface area (Å²) in [5, 5.41) is 11.0. The van der Waals surface area contributed by atoms with Crippen LogP contribution in [0.25, 0.3) is 0 Å². The summed E-state index contributed by atoms with van der Waals surface area (Å²) in [4.78, 5) is 0. The molecule has 1 aromatic heterocycles. The van der Waals surface area contributed by atoms with Gasteiger partial charge in [0.15, 0.2) is 6.19 Å². The average molecular weight is 164 g/mol. The predicted octanol–water partition coefficient (Wildman–Crippen LogP) is 1.67. The van der Waals surface area contributed by atoms with Gasteiger partial charge in [0, 0.05) is 12.5 Å². The lowest BCUT2D eigenvalue weighted by Gasteiger charge is -2.06. The van der Waals surface area contributed by atoms with Gasteiger partial charge in [-0.2, -0.15) is 5.26 Å². The van der Waals surface area contributed by atoms with Gasteiger partial charge in [0.25, 0.3) is 0 Å². The molecule has 0 aliphatic heterocycles. The van der Waals surface area contributed by atoms with Gasteiger partial charge in [0.05, 0.1) is 6.26 Å². The Morgan fingerprint density at radius 1 is 1.75 bits per heavy atom. The van der Waals surface area contributed by atoms with E-state index in [-0.39, 0.29) is 6.04 Å². The number of aryl methyl sites for hydroxylation is 1. The molecule has 0 spiro atoms. The van der Waals surface area contributed by atoms with Gasteiger partial charge in [-0.3, -0.25) is 0 Å². The smallest absolute Gasteiger partial charge is 0.176 e. The number of nitriles is 1. The standard InChI is InChI=1S/C9H12N2O/c1-8(11-7-10)4-5-9-3-2-6-12-9/h2-3,6,8,11H,4-5H2,1H3. The number of nitrogens with zero attached hydrogens (tertiary/aromatic N) is 1. The van der Waals surface area contributed by atoms with Crippen LogP contribution in [0.15, 0.2) is 22.8 Å². The Hall–Kier alpha value is -1.43. The average Bonchev–Trinajstić information content (AvgIpc) is 2.53. The van der Waals surface area contributed by atoms with Gasteiger partial charge in [0.2, 0.25) is 0 Å². The summed E-state index contributed by atoms with van der Waals surface area (Å²) in [7, 11) is 0. The van der Waals surface area contributed by atoms with Crippen LogP contribution in [-0.4, -0.2) is 6.04 Å². The van der Waals surface area contributed by atoms with Crippen LogP contribution in [0.2, 0.25) is 0 Å². The van der Waals surface area contributed by atoms with Crippen LogP contribution in [0.5, 0.6) is 0 Å². The van der Waals surface area contributed by atoms with E-state index < -0.39 is 0 Å². The van der Waals surface area contributed by atoms with Crippen LogP contribution in [-0.2, 0) is 6.42 Å². The summed E-state index contributed by atoms with van der Waals surface area (Å²) >= 11 is 0. The second-order valence-electron chi connectivity index (χ2n) is 2.78. The summed E-state index contributed by atoms with van der Waals surface area (Å²) in [6.07, 6.45) is 5.38. The van der Waals surface area contributed by atoms with Crippen molar-refractivity contribution in [3.8, 4) is 6.19 Å². The van der Waals surface area contributed by atoms with Gasteiger partial charge >= 0.3 is 0 Å². The molecule has 64 valence electrons. The van der Waals surface area contributed by atoms with Crippen molar-refractivity contribution in [3.05, 3.63) is 24.2 Å². The van der Waals surface area contributed by atoms with Crippen LogP contribution in [0, 0.1) is 11.5 Å². The van der Waals surface area contributed by atoms with Gasteiger partial charge in [-0.15, -0.1) is 0 Å². The third-order valence-electron chi connectivity index (χ3n) is 1.71. The minimum absolute atomic E-state index is 0.222. The van der Waals surface area contributed by atoms with E-state index in [0.717, 1.165) is 18.6 Å². The fourth-order valence-electron chi connectivity index (χ4n) is 0.996. The zero-order valence-electron chi connectivity index (χ0n) is 7.08. The van der Waals surface area contributed by atoms with Crippen LogP contribution in [0.4, 0.5) is 0 Å². The molecule has 0 fully saturated rings. The molecule has 1 atom stereocenters. The predicted molar refractivity (Wildman–Crippen MR) is 45.2 cm³/mol. The molecule has 0 aliphatic carbocycles. The highest BCUT2D eigenvalue weighted by molar-refractivity contribution is 4.98. The summed E-state index contributed by atoms with van der Waals surface area (Å²) in [6.45, 7) is 1.98. The van der Waals surface area contributed by atoms with Crippen LogP contribution < -0.4 is 5.32 Å². The first-order valence-electron chi connectivity index (χ1n) is 4.00. The minimum Gasteiger partial charge on any atom is -0.469 e. The Bertz CT molecular complexity index is 248. The Balaban J connectivity index is 2.23. The van der Waals surface area contributed by atoms with E-state index in [9.17, 15) is 0 Å². The molecule has 1 rings (SSSR count). The quantitative estimate of drug-likeness (QED) is 0.544. The molecule has 3 heteroatoms. The molecular weight excluding hydrogens is 152 g/mol. The van der Waals surface area contributed by atoms with Crippen LogP contribution >= 0.6 is 0 Å². The Kier molecular flexibility index (Phi) is 3.21. The van der Waals surface area contributed by atoms with Crippen molar-refractivity contribution in [3.63, 3.8) is 0 Å². The lowest BCUT2D eigenvalue weighted by atomic mass is 10.1. The van der Waals surface area contributed by atoms with Crippen molar-refractivity contribution in [1.82, 2.24) is 5.32 Å². The van der Waals surface area contributed by atoms with Gasteiger partial charge in [-0.25, -0.2) is 0 Å². The zero-order chi connectivity index (χ0) is 8.81. The van der Waals surface area contributed by atoms with Gasteiger partial charge in [0.1, 0.15) is 5.76 Å². The second kappa shape index (κ2) is 4.45. The molecule has 1 aromatic rings. The monoisotopic (exact) mass is 164 g/mol. The van der Waals surface area contributed by atoms with Crippen molar-refractivity contribution in [2.24, 2.45) is 0 Å². The Morgan fingerprint density at radius 2 is 2.58 bits per heavy atom. The number of rotatable bonds is 4. The first-order chi connectivity index (χ1) is 5.83. The Labute approximate surface area is 72.0 Å². The van der Waals surface area contributed by atoms with Gasteiger partial charge < -0.3 is 9.73 Å². The highest BCUT2D eigenvalue weighted by Gasteiger charge is 2.01. The van der Waals surface area contributed by atoms with Crippen molar-refractivity contribution in [2.45, 2.75) is 25.8 Å². The fourth-order valence-corrected chi connectivity index (χ4v) is 0.996. The van der Waals surface area contributed by atoms with E-state index >= 15 is 0 Å². The molecule has 3 nitrogen and oxygen atoms in total. The Morgan fingerprint density at radius 3 is 3.17 bits per heavy atom. The largest absolute Gasteiger partial charge is 0.469 e. The number of hydrogen-bond donors (Lipinski definition) is 1. The van der Waals surface area contributed by atoms with E-state index in [4.69, 9.17) is 9.68 Å². The molecule has 0 saturated heterocycles. The molecule has 12 heavy (non-hydrogen) atoms. The molecular formula is C9H12N2O. The lowest BCUT2D eigenvalue weighted by Crippen LogP contribution is -2.20. The molecule has 1 N–H and O–H groups in total. The van der Waals surface area contributed by atoms with Gasteiger partial charge in [-0.1, -0.05) is 0 Å². The zero-order valence-corrected chi connectivity index (χ0v) is 7.08. The maximum Gasteiger partial charge on any atom is 0.176 e.